The first-order valence-electron chi connectivity index (χ1n) is 6.91. The highest BCUT2D eigenvalue weighted by Gasteiger charge is 2.20. The minimum Gasteiger partial charge on any atom is -0.495 e. The fourth-order valence-electron chi connectivity index (χ4n) is 1.88. The molecule has 0 aromatic heterocycles. The molecule has 0 unspecified atom stereocenters. The van der Waals surface area contributed by atoms with Crippen molar-refractivity contribution in [2.75, 3.05) is 12.4 Å². The predicted octanol–water partition coefficient (Wildman–Crippen LogP) is 3.02. The average molecular weight is 317 g/mol. The number of esters is 1. The van der Waals surface area contributed by atoms with Crippen LogP contribution in [0.1, 0.15) is 17.3 Å². The zero-order valence-corrected chi connectivity index (χ0v) is 12.7. The molecule has 23 heavy (non-hydrogen) atoms. The van der Waals surface area contributed by atoms with Crippen LogP contribution in [-0.4, -0.2) is 25.1 Å². The number of rotatable bonds is 5. The molecule has 2 aromatic carbocycles. The molecular formula is C17H16FNO4. The van der Waals surface area contributed by atoms with E-state index < -0.39 is 23.8 Å². The molecule has 0 saturated heterocycles. The number of para-hydroxylation sites is 2. The lowest BCUT2D eigenvalue weighted by Crippen LogP contribution is -2.30. The molecule has 0 aliphatic rings. The van der Waals surface area contributed by atoms with Crippen molar-refractivity contribution in [1.82, 2.24) is 0 Å². The Balaban J connectivity index is 2.01. The van der Waals surface area contributed by atoms with Gasteiger partial charge in [0.2, 0.25) is 0 Å². The number of halogens is 1. The lowest BCUT2D eigenvalue weighted by Gasteiger charge is -2.15. The maximum absolute atomic E-state index is 13.1. The molecule has 0 saturated carbocycles. The van der Waals surface area contributed by atoms with E-state index in [0.29, 0.717) is 11.4 Å². The van der Waals surface area contributed by atoms with Gasteiger partial charge in [-0.3, -0.25) is 4.79 Å². The Bertz CT molecular complexity index is 717. The number of nitrogens with one attached hydrogen (secondary N) is 1. The maximum Gasteiger partial charge on any atom is 0.339 e. The third-order valence-corrected chi connectivity index (χ3v) is 3.08. The Kier molecular flexibility index (Phi) is 5.30. The molecule has 2 rings (SSSR count). The summed E-state index contributed by atoms with van der Waals surface area (Å²) in [5.41, 5.74) is 0.510. The van der Waals surface area contributed by atoms with Crippen molar-refractivity contribution >= 4 is 17.6 Å². The SMILES string of the molecule is COc1ccccc1NC(=O)[C@@H](C)OC(=O)c1cccc(F)c1. The average Bonchev–Trinajstić information content (AvgIpc) is 2.55. The topological polar surface area (TPSA) is 64.6 Å². The van der Waals surface area contributed by atoms with E-state index in [9.17, 15) is 14.0 Å². The summed E-state index contributed by atoms with van der Waals surface area (Å²) in [6.45, 7) is 1.43. The van der Waals surface area contributed by atoms with Crippen LogP contribution in [0.2, 0.25) is 0 Å². The second-order valence-corrected chi connectivity index (χ2v) is 4.75. The van der Waals surface area contributed by atoms with Gasteiger partial charge in [-0.15, -0.1) is 0 Å². The fourth-order valence-corrected chi connectivity index (χ4v) is 1.88. The molecule has 0 bridgehead atoms. The first-order chi connectivity index (χ1) is 11.0. The van der Waals surface area contributed by atoms with Gasteiger partial charge >= 0.3 is 5.97 Å². The van der Waals surface area contributed by atoms with Crippen molar-refractivity contribution in [1.29, 1.82) is 0 Å². The second-order valence-electron chi connectivity index (χ2n) is 4.75. The van der Waals surface area contributed by atoms with E-state index >= 15 is 0 Å². The summed E-state index contributed by atoms with van der Waals surface area (Å²) in [5.74, 6) is -1.35. The van der Waals surface area contributed by atoms with E-state index in [0.717, 1.165) is 6.07 Å². The monoisotopic (exact) mass is 317 g/mol. The van der Waals surface area contributed by atoms with E-state index in [4.69, 9.17) is 9.47 Å². The molecular weight excluding hydrogens is 301 g/mol. The van der Waals surface area contributed by atoms with Gasteiger partial charge in [0.15, 0.2) is 6.10 Å². The third-order valence-electron chi connectivity index (χ3n) is 3.08. The number of benzene rings is 2. The number of carbonyl (C=O) groups is 2. The number of amides is 1. The normalized spacial score (nSPS) is 11.4. The van der Waals surface area contributed by atoms with Gasteiger partial charge in [-0.2, -0.15) is 0 Å². The molecule has 120 valence electrons. The molecule has 0 fully saturated rings. The summed E-state index contributed by atoms with van der Waals surface area (Å²) in [5, 5.41) is 2.61. The van der Waals surface area contributed by atoms with Crippen LogP contribution in [-0.2, 0) is 9.53 Å². The van der Waals surface area contributed by atoms with Crippen molar-refractivity contribution in [3.05, 3.63) is 59.9 Å². The Morgan fingerprint density at radius 2 is 1.87 bits per heavy atom. The minimum atomic E-state index is -1.05. The lowest BCUT2D eigenvalue weighted by atomic mass is 10.2. The lowest BCUT2D eigenvalue weighted by molar-refractivity contribution is -0.123. The second kappa shape index (κ2) is 7.40. The highest BCUT2D eigenvalue weighted by Crippen LogP contribution is 2.23. The van der Waals surface area contributed by atoms with Gasteiger partial charge < -0.3 is 14.8 Å². The van der Waals surface area contributed by atoms with E-state index in [1.54, 1.807) is 24.3 Å². The van der Waals surface area contributed by atoms with Gasteiger partial charge in [-0.1, -0.05) is 18.2 Å². The summed E-state index contributed by atoms with van der Waals surface area (Å²) in [7, 11) is 1.48. The van der Waals surface area contributed by atoms with Gasteiger partial charge in [0.1, 0.15) is 11.6 Å². The van der Waals surface area contributed by atoms with Crippen molar-refractivity contribution in [3.63, 3.8) is 0 Å². The number of methoxy groups -OCH3 is 1. The standard InChI is InChI=1S/C17H16FNO4/c1-11(23-17(21)12-6-5-7-13(18)10-12)16(20)19-14-8-3-4-9-15(14)22-2/h3-11H,1-2H3,(H,19,20)/t11-/m1/s1. The Morgan fingerprint density at radius 1 is 1.13 bits per heavy atom. The number of hydrogen-bond acceptors (Lipinski definition) is 4. The molecule has 2 aromatic rings. The van der Waals surface area contributed by atoms with Crippen LogP contribution >= 0.6 is 0 Å². The summed E-state index contributed by atoms with van der Waals surface area (Å²) in [4.78, 5) is 24.0. The molecule has 0 aliphatic heterocycles. The summed E-state index contributed by atoms with van der Waals surface area (Å²) in [6.07, 6.45) is -1.05. The number of ether oxygens (including phenoxy) is 2. The highest BCUT2D eigenvalue weighted by atomic mass is 19.1. The molecule has 0 radical (unpaired) electrons. The molecule has 1 amide bonds. The molecule has 1 atom stereocenters. The van der Waals surface area contributed by atoms with Crippen molar-refractivity contribution in [2.24, 2.45) is 0 Å². The van der Waals surface area contributed by atoms with Crippen LogP contribution in [0.25, 0.3) is 0 Å². The number of carbonyl (C=O) groups excluding carboxylic acids is 2. The Hall–Kier alpha value is -2.89. The highest BCUT2D eigenvalue weighted by molar-refractivity contribution is 5.98. The minimum absolute atomic E-state index is 0.0435. The van der Waals surface area contributed by atoms with Gasteiger partial charge in [0.05, 0.1) is 18.4 Å². The fraction of sp³-hybridized carbons (Fsp3) is 0.176. The third kappa shape index (κ3) is 4.29. The molecule has 0 heterocycles. The molecule has 5 nitrogen and oxygen atoms in total. The smallest absolute Gasteiger partial charge is 0.339 e. The van der Waals surface area contributed by atoms with E-state index in [1.165, 1.54) is 32.2 Å². The van der Waals surface area contributed by atoms with Crippen LogP contribution < -0.4 is 10.1 Å². The molecule has 1 N–H and O–H groups in total. The Labute approximate surface area is 133 Å². The van der Waals surface area contributed by atoms with Gasteiger partial charge in [0.25, 0.3) is 5.91 Å². The van der Waals surface area contributed by atoms with Crippen LogP contribution in [0.4, 0.5) is 10.1 Å². The summed E-state index contributed by atoms with van der Waals surface area (Å²) in [6, 6.07) is 11.9. The largest absolute Gasteiger partial charge is 0.495 e. The van der Waals surface area contributed by atoms with Crippen LogP contribution in [0.15, 0.2) is 48.5 Å². The van der Waals surface area contributed by atoms with Crippen molar-refractivity contribution in [3.8, 4) is 5.75 Å². The predicted molar refractivity (Wildman–Crippen MR) is 82.9 cm³/mol. The summed E-state index contributed by atoms with van der Waals surface area (Å²) >= 11 is 0. The quantitative estimate of drug-likeness (QED) is 0.861. The number of hydrogen-bond donors (Lipinski definition) is 1. The van der Waals surface area contributed by atoms with Crippen LogP contribution in [0.5, 0.6) is 5.75 Å². The van der Waals surface area contributed by atoms with Crippen LogP contribution in [0.3, 0.4) is 0 Å². The van der Waals surface area contributed by atoms with Crippen LogP contribution in [0, 0.1) is 5.82 Å². The van der Waals surface area contributed by atoms with Gasteiger partial charge in [0, 0.05) is 0 Å². The molecule has 6 heteroatoms. The zero-order valence-electron chi connectivity index (χ0n) is 12.7. The van der Waals surface area contributed by atoms with Crippen molar-refractivity contribution in [2.45, 2.75) is 13.0 Å². The molecule has 0 spiro atoms. The first kappa shape index (κ1) is 16.5. The van der Waals surface area contributed by atoms with Gasteiger partial charge in [-0.05, 0) is 37.3 Å². The molecule has 0 aliphatic carbocycles. The van der Waals surface area contributed by atoms with E-state index in [2.05, 4.69) is 5.32 Å². The zero-order chi connectivity index (χ0) is 16.8. The maximum atomic E-state index is 13.1. The Morgan fingerprint density at radius 3 is 2.57 bits per heavy atom. The summed E-state index contributed by atoms with van der Waals surface area (Å²) < 4.78 is 23.3. The first-order valence-corrected chi connectivity index (χ1v) is 6.91. The van der Waals surface area contributed by atoms with Crippen molar-refractivity contribution < 1.29 is 23.5 Å². The van der Waals surface area contributed by atoms with E-state index in [1.807, 2.05) is 0 Å². The number of anilines is 1. The van der Waals surface area contributed by atoms with E-state index in [-0.39, 0.29) is 5.56 Å². The van der Waals surface area contributed by atoms with Gasteiger partial charge in [-0.25, -0.2) is 9.18 Å².